The van der Waals surface area contributed by atoms with Gasteiger partial charge in [-0.2, -0.15) is 0 Å². The molecule has 0 bridgehead atoms. The first-order valence-corrected chi connectivity index (χ1v) is 9.29. The molecule has 1 aliphatic rings. The number of benzene rings is 1. The predicted molar refractivity (Wildman–Crippen MR) is 87.5 cm³/mol. The van der Waals surface area contributed by atoms with Crippen LogP contribution in [0.3, 0.4) is 0 Å². The van der Waals surface area contributed by atoms with Crippen molar-refractivity contribution in [3.63, 3.8) is 0 Å². The third-order valence-electron chi connectivity index (χ3n) is 3.61. The largest absolute Gasteiger partial charge is 0.492 e. The van der Waals surface area contributed by atoms with Crippen LogP contribution in [-0.4, -0.2) is 22.6 Å². The maximum absolute atomic E-state index is 12.8. The second-order valence-electron chi connectivity index (χ2n) is 5.05. The van der Waals surface area contributed by atoms with Crippen molar-refractivity contribution in [3.05, 3.63) is 47.3 Å². The summed E-state index contributed by atoms with van der Waals surface area (Å²) < 4.78 is 19.6. The minimum atomic E-state index is -1.05. The lowest BCUT2D eigenvalue weighted by molar-refractivity contribution is 0.258. The highest BCUT2D eigenvalue weighted by molar-refractivity contribution is 7.88. The van der Waals surface area contributed by atoms with Gasteiger partial charge in [0.05, 0.1) is 26.3 Å². The Morgan fingerprint density at radius 2 is 2.19 bits per heavy atom. The fourth-order valence-electron chi connectivity index (χ4n) is 2.59. The van der Waals surface area contributed by atoms with Crippen LogP contribution in [0, 0.1) is 0 Å². The van der Waals surface area contributed by atoms with E-state index in [0.29, 0.717) is 6.61 Å². The molecule has 1 aromatic heterocycles. The van der Waals surface area contributed by atoms with Crippen molar-refractivity contribution in [3.8, 4) is 5.75 Å². The van der Waals surface area contributed by atoms with Gasteiger partial charge in [0.15, 0.2) is 0 Å². The van der Waals surface area contributed by atoms with Crippen molar-refractivity contribution in [2.45, 2.75) is 28.8 Å². The molecule has 0 saturated carbocycles. The molecule has 112 valence electrons. The van der Waals surface area contributed by atoms with Gasteiger partial charge in [0, 0.05) is 5.56 Å². The molecule has 0 radical (unpaired) electrons. The van der Waals surface area contributed by atoms with Gasteiger partial charge in [0.2, 0.25) is 0 Å². The van der Waals surface area contributed by atoms with Crippen LogP contribution in [0.15, 0.2) is 46.0 Å². The Hall–Kier alpha value is -1.17. The van der Waals surface area contributed by atoms with Gasteiger partial charge in [-0.15, -0.1) is 11.3 Å². The average molecular weight is 321 g/mol. The molecule has 0 amide bonds. The normalized spacial score (nSPS) is 22.3. The van der Waals surface area contributed by atoms with Crippen molar-refractivity contribution < 1.29 is 8.95 Å². The maximum Gasteiger partial charge on any atom is 0.124 e. The first-order valence-electron chi connectivity index (χ1n) is 7.20. The summed E-state index contributed by atoms with van der Waals surface area (Å²) in [7, 11) is -1.05. The third kappa shape index (κ3) is 3.05. The van der Waals surface area contributed by atoms with E-state index in [-0.39, 0.29) is 11.3 Å². The Balaban J connectivity index is 1.91. The number of fused-ring (bicyclic) bond motifs is 1. The van der Waals surface area contributed by atoms with Crippen LogP contribution in [0.1, 0.15) is 24.9 Å². The van der Waals surface area contributed by atoms with Gasteiger partial charge in [-0.3, -0.25) is 4.21 Å². The van der Waals surface area contributed by atoms with Crippen LogP contribution in [0.5, 0.6) is 5.75 Å². The number of hydrogen-bond acceptors (Lipinski definition) is 4. The minimum absolute atomic E-state index is 0.0508. The van der Waals surface area contributed by atoms with Crippen molar-refractivity contribution >= 4 is 22.1 Å². The van der Waals surface area contributed by atoms with E-state index in [0.717, 1.165) is 28.5 Å². The SMILES string of the molecule is CCCNC1c2ccccc2OCC1S(=O)c1cccs1. The highest BCUT2D eigenvalue weighted by atomic mass is 32.2. The molecule has 0 fully saturated rings. The van der Waals surface area contributed by atoms with Crippen molar-refractivity contribution in [2.24, 2.45) is 0 Å². The van der Waals surface area contributed by atoms with Crippen molar-refractivity contribution in [1.29, 1.82) is 0 Å². The van der Waals surface area contributed by atoms with E-state index < -0.39 is 10.8 Å². The van der Waals surface area contributed by atoms with E-state index in [1.807, 2.05) is 35.7 Å². The molecule has 21 heavy (non-hydrogen) atoms. The van der Waals surface area contributed by atoms with Gasteiger partial charge >= 0.3 is 0 Å². The summed E-state index contributed by atoms with van der Waals surface area (Å²) >= 11 is 1.55. The molecule has 2 heterocycles. The van der Waals surface area contributed by atoms with Gasteiger partial charge in [0.1, 0.15) is 12.4 Å². The summed E-state index contributed by atoms with van der Waals surface area (Å²) in [6, 6.07) is 12.0. The summed E-state index contributed by atoms with van der Waals surface area (Å²) in [5, 5.41) is 5.47. The lowest BCUT2D eigenvalue weighted by Crippen LogP contribution is -2.42. The third-order valence-corrected chi connectivity index (χ3v) is 6.55. The smallest absolute Gasteiger partial charge is 0.124 e. The monoisotopic (exact) mass is 321 g/mol. The molecule has 1 N–H and O–H groups in total. The van der Waals surface area contributed by atoms with Crippen LogP contribution in [0.4, 0.5) is 0 Å². The molecular formula is C16H19NO2S2. The first-order chi connectivity index (χ1) is 10.3. The minimum Gasteiger partial charge on any atom is -0.492 e. The first kappa shape index (κ1) is 14.8. The van der Waals surface area contributed by atoms with Gasteiger partial charge < -0.3 is 10.1 Å². The highest BCUT2D eigenvalue weighted by Crippen LogP contribution is 2.36. The average Bonchev–Trinajstić information content (AvgIpc) is 3.06. The quantitative estimate of drug-likeness (QED) is 0.918. The summed E-state index contributed by atoms with van der Waals surface area (Å²) in [5.41, 5.74) is 1.12. The van der Waals surface area contributed by atoms with Crippen LogP contribution in [-0.2, 0) is 10.8 Å². The summed E-state index contributed by atoms with van der Waals surface area (Å²) in [6.07, 6.45) is 1.05. The number of thiophene rings is 1. The lowest BCUT2D eigenvalue weighted by atomic mass is 10.00. The molecule has 3 atom stereocenters. The lowest BCUT2D eigenvalue weighted by Gasteiger charge is -2.33. The zero-order chi connectivity index (χ0) is 14.7. The molecule has 3 rings (SSSR count). The fourth-order valence-corrected chi connectivity index (χ4v) is 5.15. The summed E-state index contributed by atoms with van der Waals surface area (Å²) in [6.45, 7) is 3.55. The molecular weight excluding hydrogens is 302 g/mol. The van der Waals surface area contributed by atoms with E-state index in [1.54, 1.807) is 11.3 Å². The second kappa shape index (κ2) is 6.73. The maximum atomic E-state index is 12.8. The topological polar surface area (TPSA) is 38.3 Å². The van der Waals surface area contributed by atoms with Crippen LogP contribution < -0.4 is 10.1 Å². The summed E-state index contributed by atoms with van der Waals surface area (Å²) in [4.78, 5) is 0. The van der Waals surface area contributed by atoms with Crippen LogP contribution >= 0.6 is 11.3 Å². The van der Waals surface area contributed by atoms with Gasteiger partial charge in [-0.05, 0) is 30.5 Å². The Bertz CT molecular complexity index is 612. The number of hydrogen-bond donors (Lipinski definition) is 1. The molecule has 3 nitrogen and oxygen atoms in total. The molecule has 0 aliphatic carbocycles. The van der Waals surface area contributed by atoms with Gasteiger partial charge in [0.25, 0.3) is 0 Å². The number of para-hydroxylation sites is 1. The highest BCUT2D eigenvalue weighted by Gasteiger charge is 2.35. The van der Waals surface area contributed by atoms with E-state index in [4.69, 9.17) is 4.74 Å². The molecule has 0 saturated heterocycles. The molecule has 1 aliphatic heterocycles. The molecule has 5 heteroatoms. The molecule has 1 aromatic carbocycles. The van der Waals surface area contributed by atoms with Crippen molar-refractivity contribution in [2.75, 3.05) is 13.2 Å². The molecule has 3 unspecified atom stereocenters. The van der Waals surface area contributed by atoms with E-state index in [1.165, 1.54) is 0 Å². The number of rotatable bonds is 5. The Kier molecular flexibility index (Phi) is 4.73. The predicted octanol–water partition coefficient (Wildman–Crippen LogP) is 3.36. The van der Waals surface area contributed by atoms with Crippen LogP contribution in [0.25, 0.3) is 0 Å². The van der Waals surface area contributed by atoms with Crippen LogP contribution in [0.2, 0.25) is 0 Å². The van der Waals surface area contributed by atoms with E-state index in [9.17, 15) is 4.21 Å². The van der Waals surface area contributed by atoms with E-state index in [2.05, 4.69) is 18.3 Å². The zero-order valence-electron chi connectivity index (χ0n) is 12.0. The standard InChI is InChI=1S/C16H19NO2S2/c1-2-9-17-16-12-6-3-4-7-13(12)19-11-14(16)21(18)15-8-5-10-20-15/h3-8,10,14,16-17H,2,9,11H2,1H3. The van der Waals surface area contributed by atoms with Gasteiger partial charge in [-0.1, -0.05) is 31.2 Å². The molecule has 0 spiro atoms. The Labute approximate surface area is 131 Å². The Morgan fingerprint density at radius 1 is 1.33 bits per heavy atom. The Morgan fingerprint density at radius 3 is 2.95 bits per heavy atom. The summed E-state index contributed by atoms with van der Waals surface area (Å²) in [5.74, 6) is 0.908. The number of ether oxygens (including phenoxy) is 1. The second-order valence-corrected chi connectivity index (χ2v) is 7.89. The number of nitrogens with one attached hydrogen (secondary N) is 1. The fraction of sp³-hybridized carbons (Fsp3) is 0.375. The van der Waals surface area contributed by atoms with E-state index >= 15 is 0 Å². The zero-order valence-corrected chi connectivity index (χ0v) is 13.6. The van der Waals surface area contributed by atoms with Crippen molar-refractivity contribution in [1.82, 2.24) is 5.32 Å². The molecule has 2 aromatic rings. The van der Waals surface area contributed by atoms with Gasteiger partial charge in [-0.25, -0.2) is 0 Å².